The van der Waals surface area contributed by atoms with E-state index in [1.165, 1.54) is 0 Å². The van der Waals surface area contributed by atoms with Crippen molar-refractivity contribution in [1.82, 2.24) is 4.98 Å². The average Bonchev–Trinajstić information content (AvgIpc) is 2.27. The number of para-hydroxylation sites is 1. The van der Waals surface area contributed by atoms with Crippen LogP contribution in [0.15, 0.2) is 36.5 Å². The van der Waals surface area contributed by atoms with E-state index in [0.29, 0.717) is 0 Å². The first-order valence-electron chi connectivity index (χ1n) is 4.97. The Morgan fingerprint density at radius 3 is 2.73 bits per heavy atom. The molecule has 0 aliphatic heterocycles. The predicted octanol–water partition coefficient (Wildman–Crippen LogP) is 1.62. The maximum atomic E-state index is 9.93. The van der Waals surface area contributed by atoms with Crippen LogP contribution in [0.4, 0.5) is 0 Å². The van der Waals surface area contributed by atoms with Crippen molar-refractivity contribution >= 4 is 10.9 Å². The van der Waals surface area contributed by atoms with Gasteiger partial charge in [0.2, 0.25) is 0 Å². The third kappa shape index (κ3) is 1.84. The third-order valence-electron chi connectivity index (χ3n) is 2.48. The Morgan fingerprint density at radius 1 is 1.27 bits per heavy atom. The average molecular weight is 202 g/mol. The summed E-state index contributed by atoms with van der Waals surface area (Å²) in [6, 6.07) is 9.30. The van der Waals surface area contributed by atoms with Crippen LogP contribution in [0.3, 0.4) is 0 Å². The second kappa shape index (κ2) is 3.96. The SMILES string of the molecule is C[C@H](N)[C@H](O)c1cccc2cccnc12. The van der Waals surface area contributed by atoms with Gasteiger partial charge in [-0.25, -0.2) is 0 Å². The molecule has 0 amide bonds. The van der Waals surface area contributed by atoms with Crippen LogP contribution in [0, 0.1) is 0 Å². The van der Waals surface area contributed by atoms with Gasteiger partial charge in [-0.3, -0.25) is 4.98 Å². The highest BCUT2D eigenvalue weighted by Crippen LogP contribution is 2.23. The van der Waals surface area contributed by atoms with Gasteiger partial charge >= 0.3 is 0 Å². The van der Waals surface area contributed by atoms with Gasteiger partial charge in [0.1, 0.15) is 0 Å². The van der Waals surface area contributed by atoms with E-state index in [2.05, 4.69) is 4.98 Å². The topological polar surface area (TPSA) is 59.1 Å². The fraction of sp³-hybridized carbons (Fsp3) is 0.250. The molecule has 0 unspecified atom stereocenters. The molecule has 0 aliphatic carbocycles. The highest BCUT2D eigenvalue weighted by atomic mass is 16.3. The minimum absolute atomic E-state index is 0.294. The molecule has 0 fully saturated rings. The Kier molecular flexibility index (Phi) is 2.66. The van der Waals surface area contributed by atoms with Crippen LogP contribution in [0.2, 0.25) is 0 Å². The maximum absolute atomic E-state index is 9.93. The lowest BCUT2D eigenvalue weighted by atomic mass is 10.0. The van der Waals surface area contributed by atoms with Gasteiger partial charge in [-0.2, -0.15) is 0 Å². The van der Waals surface area contributed by atoms with E-state index in [1.807, 2.05) is 30.3 Å². The molecule has 2 aromatic rings. The largest absolute Gasteiger partial charge is 0.387 e. The minimum Gasteiger partial charge on any atom is -0.387 e. The molecule has 0 saturated carbocycles. The number of benzene rings is 1. The molecule has 0 saturated heterocycles. The molecule has 0 spiro atoms. The maximum Gasteiger partial charge on any atom is 0.0959 e. The van der Waals surface area contributed by atoms with E-state index < -0.39 is 6.10 Å². The summed E-state index contributed by atoms with van der Waals surface area (Å²) >= 11 is 0. The van der Waals surface area contributed by atoms with E-state index in [1.54, 1.807) is 13.1 Å². The molecule has 3 heteroatoms. The number of rotatable bonds is 2. The predicted molar refractivity (Wildman–Crippen MR) is 60.4 cm³/mol. The highest BCUT2D eigenvalue weighted by Gasteiger charge is 2.15. The van der Waals surface area contributed by atoms with Crippen LogP contribution in [-0.2, 0) is 0 Å². The van der Waals surface area contributed by atoms with Crippen LogP contribution < -0.4 is 5.73 Å². The molecule has 78 valence electrons. The lowest BCUT2D eigenvalue weighted by Crippen LogP contribution is -2.24. The molecule has 2 rings (SSSR count). The monoisotopic (exact) mass is 202 g/mol. The second-order valence-corrected chi connectivity index (χ2v) is 3.73. The fourth-order valence-corrected chi connectivity index (χ4v) is 1.65. The van der Waals surface area contributed by atoms with Gasteiger partial charge < -0.3 is 10.8 Å². The number of fused-ring (bicyclic) bond motifs is 1. The summed E-state index contributed by atoms with van der Waals surface area (Å²) in [5, 5.41) is 11.0. The number of aromatic nitrogens is 1. The molecule has 3 nitrogen and oxygen atoms in total. The van der Waals surface area contributed by atoms with Crippen LogP contribution in [0.5, 0.6) is 0 Å². The lowest BCUT2D eigenvalue weighted by molar-refractivity contribution is 0.154. The van der Waals surface area contributed by atoms with Gasteiger partial charge in [-0.05, 0) is 13.0 Å². The number of aliphatic hydroxyl groups excluding tert-OH is 1. The normalized spacial score (nSPS) is 15.1. The quantitative estimate of drug-likeness (QED) is 0.778. The van der Waals surface area contributed by atoms with Crippen molar-refractivity contribution in [3.63, 3.8) is 0 Å². The molecule has 3 N–H and O–H groups in total. The van der Waals surface area contributed by atoms with Crippen molar-refractivity contribution in [2.45, 2.75) is 19.1 Å². The van der Waals surface area contributed by atoms with Crippen molar-refractivity contribution < 1.29 is 5.11 Å². The van der Waals surface area contributed by atoms with Crippen molar-refractivity contribution in [2.24, 2.45) is 5.73 Å². The standard InChI is InChI=1S/C12H14N2O/c1-8(13)12(15)10-6-2-4-9-5-3-7-14-11(9)10/h2-8,12,15H,13H2,1H3/t8-,12-/m0/s1. The van der Waals surface area contributed by atoms with Gasteiger partial charge in [-0.1, -0.05) is 24.3 Å². The van der Waals surface area contributed by atoms with Gasteiger partial charge in [0, 0.05) is 23.2 Å². The number of aliphatic hydroxyl groups is 1. The summed E-state index contributed by atoms with van der Waals surface area (Å²) in [6.45, 7) is 1.78. The molecule has 15 heavy (non-hydrogen) atoms. The summed E-state index contributed by atoms with van der Waals surface area (Å²) in [7, 11) is 0. The zero-order valence-corrected chi connectivity index (χ0v) is 8.59. The van der Waals surface area contributed by atoms with E-state index in [4.69, 9.17) is 5.73 Å². The van der Waals surface area contributed by atoms with Crippen LogP contribution >= 0.6 is 0 Å². The van der Waals surface area contributed by atoms with Crippen LogP contribution in [0.25, 0.3) is 10.9 Å². The van der Waals surface area contributed by atoms with E-state index in [-0.39, 0.29) is 6.04 Å². The smallest absolute Gasteiger partial charge is 0.0959 e. The van der Waals surface area contributed by atoms with Gasteiger partial charge in [0.25, 0.3) is 0 Å². The van der Waals surface area contributed by atoms with Crippen molar-refractivity contribution in [1.29, 1.82) is 0 Å². The van der Waals surface area contributed by atoms with E-state index >= 15 is 0 Å². The molecule has 1 aromatic carbocycles. The Hall–Kier alpha value is -1.45. The lowest BCUT2D eigenvalue weighted by Gasteiger charge is -2.16. The Labute approximate surface area is 88.6 Å². The fourth-order valence-electron chi connectivity index (χ4n) is 1.65. The van der Waals surface area contributed by atoms with E-state index in [0.717, 1.165) is 16.5 Å². The molecule has 0 radical (unpaired) electrons. The number of nitrogens with two attached hydrogens (primary N) is 1. The first-order valence-corrected chi connectivity index (χ1v) is 4.97. The van der Waals surface area contributed by atoms with Crippen LogP contribution in [-0.4, -0.2) is 16.1 Å². The molecule has 0 aliphatic rings. The van der Waals surface area contributed by atoms with Crippen molar-refractivity contribution in [2.75, 3.05) is 0 Å². The number of hydrogen-bond acceptors (Lipinski definition) is 3. The summed E-state index contributed by atoms with van der Waals surface area (Å²) in [5.41, 5.74) is 7.30. The van der Waals surface area contributed by atoms with Gasteiger partial charge in [-0.15, -0.1) is 0 Å². The van der Waals surface area contributed by atoms with Gasteiger partial charge in [0.15, 0.2) is 0 Å². The Balaban J connectivity index is 2.60. The molecule has 2 atom stereocenters. The molecular formula is C12H14N2O. The van der Waals surface area contributed by atoms with Crippen LogP contribution in [0.1, 0.15) is 18.6 Å². The Morgan fingerprint density at radius 2 is 2.00 bits per heavy atom. The molecule has 1 aromatic heterocycles. The van der Waals surface area contributed by atoms with Crippen molar-refractivity contribution in [3.8, 4) is 0 Å². The zero-order chi connectivity index (χ0) is 10.8. The molecule has 0 bridgehead atoms. The summed E-state index contributed by atoms with van der Waals surface area (Å²) in [6.07, 6.45) is 1.06. The highest BCUT2D eigenvalue weighted by molar-refractivity contribution is 5.81. The summed E-state index contributed by atoms with van der Waals surface area (Å²) in [5.74, 6) is 0. The van der Waals surface area contributed by atoms with Gasteiger partial charge in [0.05, 0.1) is 11.6 Å². The zero-order valence-electron chi connectivity index (χ0n) is 8.59. The first-order chi connectivity index (χ1) is 7.20. The summed E-state index contributed by atoms with van der Waals surface area (Å²) < 4.78 is 0. The first kappa shape index (κ1) is 10.1. The van der Waals surface area contributed by atoms with Crippen molar-refractivity contribution in [3.05, 3.63) is 42.1 Å². The van der Waals surface area contributed by atoms with E-state index in [9.17, 15) is 5.11 Å². The third-order valence-corrected chi connectivity index (χ3v) is 2.48. The second-order valence-electron chi connectivity index (χ2n) is 3.73. The number of nitrogens with zero attached hydrogens (tertiary/aromatic N) is 1. The minimum atomic E-state index is -0.663. The Bertz CT molecular complexity index is 463. The molecular weight excluding hydrogens is 188 g/mol. The summed E-state index contributed by atoms with van der Waals surface area (Å²) in [4.78, 5) is 4.27. The molecule has 1 heterocycles. The number of pyridine rings is 1. The number of hydrogen-bond donors (Lipinski definition) is 2.